The maximum Gasteiger partial charge on any atom is 0.206 e. The summed E-state index contributed by atoms with van der Waals surface area (Å²) in [6.45, 7) is 4.62. The van der Waals surface area contributed by atoms with E-state index in [1.165, 1.54) is 16.7 Å². The van der Waals surface area contributed by atoms with Crippen LogP contribution in [-0.2, 0) is 0 Å². The number of aliphatic imine (C=N–C) groups is 2. The average Bonchev–Trinajstić information content (AvgIpc) is 3.21. The van der Waals surface area contributed by atoms with E-state index in [0.717, 1.165) is 51.2 Å². The Morgan fingerprint density at radius 1 is 0.643 bits per heavy atom. The van der Waals surface area contributed by atoms with Gasteiger partial charge in [-0.1, -0.05) is 110 Å². The molecule has 3 unspecified atom stereocenters. The van der Waals surface area contributed by atoms with Gasteiger partial charge in [-0.15, -0.1) is 0 Å². The number of rotatable bonds is 2. The van der Waals surface area contributed by atoms with E-state index in [2.05, 4.69) is 96.9 Å². The van der Waals surface area contributed by atoms with Gasteiger partial charge in [0.05, 0.1) is 0 Å². The highest BCUT2D eigenvalue weighted by atomic mass is 16.5. The zero-order valence-corrected chi connectivity index (χ0v) is 23.5. The van der Waals surface area contributed by atoms with Crippen molar-refractivity contribution in [2.24, 2.45) is 9.98 Å². The van der Waals surface area contributed by atoms with E-state index in [-0.39, 0.29) is 18.1 Å². The number of benzene rings is 5. The van der Waals surface area contributed by atoms with Crippen molar-refractivity contribution in [1.82, 2.24) is 5.32 Å². The van der Waals surface area contributed by atoms with Crippen molar-refractivity contribution in [3.8, 4) is 33.8 Å². The number of para-hydroxylation sites is 2. The molecule has 3 atom stereocenters. The molecule has 5 aromatic carbocycles. The number of ether oxygens (including phenoxy) is 1. The molecule has 0 saturated heterocycles. The quantitative estimate of drug-likeness (QED) is 0.237. The maximum atomic E-state index is 6.51. The Balaban J connectivity index is 1.32. The number of nitrogens with zero attached hydrogens (tertiary/aromatic N) is 3. The van der Waals surface area contributed by atoms with Gasteiger partial charge in [0.25, 0.3) is 0 Å². The Bertz CT molecular complexity index is 1880. The van der Waals surface area contributed by atoms with Gasteiger partial charge in [-0.2, -0.15) is 0 Å². The van der Waals surface area contributed by atoms with Crippen molar-refractivity contribution in [3.63, 3.8) is 0 Å². The van der Waals surface area contributed by atoms with Crippen molar-refractivity contribution in [2.45, 2.75) is 32.0 Å². The molecule has 42 heavy (non-hydrogen) atoms. The molecule has 3 heterocycles. The molecule has 0 radical (unpaired) electrons. The second kappa shape index (κ2) is 9.74. The van der Waals surface area contributed by atoms with E-state index in [9.17, 15) is 0 Å². The number of hydrogen-bond donors (Lipinski definition) is 1. The first kappa shape index (κ1) is 24.6. The molecule has 3 aliphatic heterocycles. The van der Waals surface area contributed by atoms with Gasteiger partial charge in [-0.05, 0) is 47.4 Å². The van der Waals surface area contributed by atoms with Crippen LogP contribution in [0.1, 0.15) is 42.6 Å². The Kier molecular flexibility index (Phi) is 5.71. The van der Waals surface area contributed by atoms with Crippen LogP contribution in [0.25, 0.3) is 22.3 Å². The van der Waals surface area contributed by atoms with Gasteiger partial charge in [-0.3, -0.25) is 0 Å². The zero-order valence-electron chi connectivity index (χ0n) is 23.5. The SMILES string of the molecule is CC1c2c(ccc3c2-c2ccccc2Oc2ccccc2-3)N(C2=NC(c3ccccc3)N=C(c3ccccc3)N2)C1C. The van der Waals surface area contributed by atoms with Crippen molar-refractivity contribution >= 4 is 17.5 Å². The minimum Gasteiger partial charge on any atom is -0.456 e. The zero-order chi connectivity index (χ0) is 28.2. The van der Waals surface area contributed by atoms with Crippen LogP contribution in [0, 0.1) is 0 Å². The Hall–Kier alpha value is -5.16. The van der Waals surface area contributed by atoms with E-state index in [1.54, 1.807) is 0 Å². The molecule has 0 amide bonds. The van der Waals surface area contributed by atoms with Crippen LogP contribution in [0.15, 0.2) is 131 Å². The lowest BCUT2D eigenvalue weighted by molar-refractivity contribution is 0.487. The lowest BCUT2D eigenvalue weighted by Gasteiger charge is -2.32. The van der Waals surface area contributed by atoms with Crippen molar-refractivity contribution in [1.29, 1.82) is 0 Å². The molecule has 0 aromatic heterocycles. The fourth-order valence-electron chi connectivity index (χ4n) is 6.52. The van der Waals surface area contributed by atoms with Gasteiger partial charge < -0.3 is 15.0 Å². The summed E-state index contributed by atoms with van der Waals surface area (Å²) in [4.78, 5) is 12.6. The van der Waals surface area contributed by atoms with Crippen molar-refractivity contribution < 1.29 is 4.74 Å². The summed E-state index contributed by atoms with van der Waals surface area (Å²) in [5, 5.41) is 3.63. The minimum atomic E-state index is -0.342. The molecule has 8 rings (SSSR count). The fourth-order valence-corrected chi connectivity index (χ4v) is 6.52. The fraction of sp³-hybridized carbons (Fsp3) is 0.135. The van der Waals surface area contributed by atoms with Crippen LogP contribution in [0.4, 0.5) is 5.69 Å². The largest absolute Gasteiger partial charge is 0.456 e. The standard InChI is InChI=1S/C37H30N4O/c1-23-24(2)41(37-39-35(25-13-5-3-6-14-25)38-36(40-37)26-15-7-4-8-16-26)30-22-21-28-27-17-9-11-19-31(27)42-32-20-12-10-18-29(32)34(28)33(23)30/h3-24,35H,1-2H3,(H,38,39,40). The number of anilines is 1. The predicted molar refractivity (Wildman–Crippen MR) is 170 cm³/mol. The van der Waals surface area contributed by atoms with Crippen LogP contribution < -0.4 is 15.0 Å². The van der Waals surface area contributed by atoms with Gasteiger partial charge >= 0.3 is 0 Å². The number of amidine groups is 1. The molecule has 0 bridgehead atoms. The monoisotopic (exact) mass is 546 g/mol. The number of hydrogen-bond acceptors (Lipinski definition) is 5. The van der Waals surface area contributed by atoms with E-state index in [4.69, 9.17) is 14.7 Å². The molecule has 0 fully saturated rings. The van der Waals surface area contributed by atoms with E-state index in [1.807, 2.05) is 48.5 Å². The van der Waals surface area contributed by atoms with Gasteiger partial charge in [0, 0.05) is 34.3 Å². The number of fused-ring (bicyclic) bond motifs is 7. The highest BCUT2D eigenvalue weighted by Gasteiger charge is 2.41. The third kappa shape index (κ3) is 3.85. The topological polar surface area (TPSA) is 49.2 Å². The van der Waals surface area contributed by atoms with E-state index in [0.29, 0.717) is 0 Å². The van der Waals surface area contributed by atoms with Gasteiger partial charge in [0.2, 0.25) is 5.96 Å². The van der Waals surface area contributed by atoms with Crippen LogP contribution >= 0.6 is 0 Å². The minimum absolute atomic E-state index is 0.163. The molecule has 0 aliphatic carbocycles. The second-order valence-corrected chi connectivity index (χ2v) is 11.1. The van der Waals surface area contributed by atoms with Crippen LogP contribution in [0.3, 0.4) is 0 Å². The summed E-state index contributed by atoms with van der Waals surface area (Å²) >= 11 is 0. The first-order chi connectivity index (χ1) is 20.7. The third-order valence-electron chi connectivity index (χ3n) is 8.72. The van der Waals surface area contributed by atoms with E-state index >= 15 is 0 Å². The molecule has 5 aromatic rings. The first-order valence-corrected chi connectivity index (χ1v) is 14.5. The average molecular weight is 547 g/mol. The van der Waals surface area contributed by atoms with Gasteiger partial charge in [0.1, 0.15) is 17.3 Å². The van der Waals surface area contributed by atoms with Gasteiger partial charge in [-0.25, -0.2) is 9.98 Å². The summed E-state index contributed by atoms with van der Waals surface area (Å²) in [6, 6.07) is 42.0. The summed E-state index contributed by atoms with van der Waals surface area (Å²) in [6.07, 6.45) is -0.342. The Labute approximate surface area is 245 Å². The molecular weight excluding hydrogens is 516 g/mol. The van der Waals surface area contributed by atoms with Crippen LogP contribution in [-0.4, -0.2) is 17.8 Å². The first-order valence-electron chi connectivity index (χ1n) is 14.5. The summed E-state index contributed by atoms with van der Waals surface area (Å²) in [7, 11) is 0. The molecule has 204 valence electrons. The van der Waals surface area contributed by atoms with Crippen molar-refractivity contribution in [3.05, 3.63) is 138 Å². The predicted octanol–water partition coefficient (Wildman–Crippen LogP) is 8.54. The van der Waals surface area contributed by atoms with Crippen molar-refractivity contribution in [2.75, 3.05) is 4.90 Å². The molecule has 1 N–H and O–H groups in total. The lowest BCUT2D eigenvalue weighted by Crippen LogP contribution is -2.49. The molecule has 0 spiro atoms. The Morgan fingerprint density at radius 3 is 2.05 bits per heavy atom. The summed E-state index contributed by atoms with van der Waals surface area (Å²) < 4.78 is 6.51. The second-order valence-electron chi connectivity index (χ2n) is 11.1. The highest BCUT2D eigenvalue weighted by molar-refractivity contribution is 6.15. The Morgan fingerprint density at radius 2 is 1.29 bits per heavy atom. The molecule has 0 saturated carbocycles. The summed E-state index contributed by atoms with van der Waals surface area (Å²) in [5.74, 6) is 3.64. The highest BCUT2D eigenvalue weighted by Crippen LogP contribution is 2.54. The van der Waals surface area contributed by atoms with Crippen LogP contribution in [0.5, 0.6) is 11.5 Å². The number of guanidine groups is 1. The third-order valence-corrected chi connectivity index (χ3v) is 8.72. The molecule has 5 nitrogen and oxygen atoms in total. The normalized spacial score (nSPS) is 20.0. The van der Waals surface area contributed by atoms with Crippen LogP contribution in [0.2, 0.25) is 0 Å². The number of nitrogens with one attached hydrogen (secondary N) is 1. The maximum absolute atomic E-state index is 6.51. The summed E-state index contributed by atoms with van der Waals surface area (Å²) in [5.41, 5.74) is 9.25. The molecular formula is C37H30N4O. The lowest BCUT2D eigenvalue weighted by atomic mass is 9.85. The van der Waals surface area contributed by atoms with E-state index < -0.39 is 0 Å². The molecule has 3 aliphatic rings. The van der Waals surface area contributed by atoms with Gasteiger partial charge in [0.15, 0.2) is 6.17 Å². The molecule has 5 heteroatoms. The smallest absolute Gasteiger partial charge is 0.206 e.